The molecule has 1 aromatic heterocycles. The Balaban J connectivity index is 1.38. The van der Waals surface area contributed by atoms with Crippen LogP contribution in [0, 0.1) is 17.2 Å². The zero-order valence-electron chi connectivity index (χ0n) is 16.4. The third kappa shape index (κ3) is 4.21. The Kier molecular flexibility index (Phi) is 5.82. The molecule has 2 aliphatic heterocycles. The van der Waals surface area contributed by atoms with Crippen molar-refractivity contribution in [1.29, 1.82) is 5.26 Å². The number of hydrogen-bond acceptors (Lipinski definition) is 6. The van der Waals surface area contributed by atoms with E-state index in [1.54, 1.807) is 48.8 Å². The summed E-state index contributed by atoms with van der Waals surface area (Å²) in [5.74, 6) is 0.326. The first-order chi connectivity index (χ1) is 14.7. The number of rotatable bonds is 5. The van der Waals surface area contributed by atoms with Gasteiger partial charge in [-0.3, -0.25) is 4.79 Å². The molecule has 1 amide bonds. The number of carbonyl (C=O) groups is 1. The number of nitriles is 1. The van der Waals surface area contributed by atoms with Gasteiger partial charge in [0.25, 0.3) is 5.91 Å². The van der Waals surface area contributed by atoms with Crippen molar-refractivity contribution in [1.82, 2.24) is 20.4 Å². The van der Waals surface area contributed by atoms with Gasteiger partial charge in [0.15, 0.2) is 0 Å². The molecule has 30 heavy (non-hydrogen) atoms. The summed E-state index contributed by atoms with van der Waals surface area (Å²) >= 11 is 0. The Labute approximate surface area is 174 Å². The summed E-state index contributed by atoms with van der Waals surface area (Å²) in [4.78, 5) is 12.4. The van der Waals surface area contributed by atoms with E-state index in [-0.39, 0.29) is 11.8 Å². The van der Waals surface area contributed by atoms with E-state index in [0.29, 0.717) is 29.2 Å². The van der Waals surface area contributed by atoms with Gasteiger partial charge in [0.2, 0.25) is 5.88 Å². The predicted molar refractivity (Wildman–Crippen MR) is 110 cm³/mol. The smallest absolute Gasteiger partial charge is 0.252 e. The molecule has 2 aromatic rings. The van der Waals surface area contributed by atoms with E-state index in [1.807, 2.05) is 0 Å². The number of carbonyl (C=O) groups excluding carboxylic acids is 1. The van der Waals surface area contributed by atoms with Crippen LogP contribution in [-0.4, -0.2) is 40.6 Å². The summed E-state index contributed by atoms with van der Waals surface area (Å²) in [6.45, 7) is 2.15. The van der Waals surface area contributed by atoms with Crippen molar-refractivity contribution >= 4 is 5.91 Å². The van der Waals surface area contributed by atoms with Gasteiger partial charge in [-0.25, -0.2) is 4.68 Å². The molecule has 1 fully saturated rings. The van der Waals surface area contributed by atoms with Gasteiger partial charge < -0.3 is 20.5 Å². The first kappa shape index (κ1) is 19.7. The maximum atomic E-state index is 12.4. The molecule has 3 N–H and O–H groups in total. The zero-order chi connectivity index (χ0) is 20.9. The lowest BCUT2D eigenvalue weighted by Crippen LogP contribution is -2.34. The second-order valence-electron chi connectivity index (χ2n) is 7.35. The average molecular weight is 405 g/mol. The minimum Gasteiger partial charge on any atom is -0.493 e. The summed E-state index contributed by atoms with van der Waals surface area (Å²) in [7, 11) is 0. The molecule has 2 aliphatic rings. The summed E-state index contributed by atoms with van der Waals surface area (Å²) in [5, 5.41) is 29.9. The van der Waals surface area contributed by atoms with E-state index in [4.69, 9.17) is 10.00 Å². The Bertz CT molecular complexity index is 1010. The highest BCUT2D eigenvalue weighted by Crippen LogP contribution is 2.31. The largest absolute Gasteiger partial charge is 0.493 e. The minimum absolute atomic E-state index is 0.00248. The van der Waals surface area contributed by atoms with Crippen LogP contribution >= 0.6 is 0 Å². The van der Waals surface area contributed by atoms with Gasteiger partial charge in [-0.2, -0.15) is 10.4 Å². The molecule has 8 heteroatoms. The molecule has 3 heterocycles. The van der Waals surface area contributed by atoms with Crippen LogP contribution in [0.1, 0.15) is 24.6 Å². The van der Waals surface area contributed by atoms with Gasteiger partial charge in [0.1, 0.15) is 6.17 Å². The van der Waals surface area contributed by atoms with Gasteiger partial charge >= 0.3 is 0 Å². The monoisotopic (exact) mass is 405 g/mol. The van der Waals surface area contributed by atoms with E-state index >= 15 is 0 Å². The number of nitrogens with one attached hydrogen (secondary N) is 2. The number of dihydropyridines is 1. The zero-order valence-corrected chi connectivity index (χ0v) is 16.4. The van der Waals surface area contributed by atoms with Gasteiger partial charge in [-0.15, -0.1) is 0 Å². The van der Waals surface area contributed by atoms with Crippen molar-refractivity contribution in [3.8, 4) is 23.1 Å². The first-order valence-corrected chi connectivity index (χ1v) is 9.93. The van der Waals surface area contributed by atoms with Crippen molar-refractivity contribution in [3.63, 3.8) is 0 Å². The molecule has 4 rings (SSSR count). The Morgan fingerprint density at radius 2 is 2.10 bits per heavy atom. The fraction of sp³-hybridized carbons (Fsp3) is 0.318. The summed E-state index contributed by atoms with van der Waals surface area (Å²) in [5.41, 5.74) is 2.41. The molecule has 1 saturated heterocycles. The van der Waals surface area contributed by atoms with Crippen LogP contribution in [0.4, 0.5) is 0 Å². The fourth-order valence-electron chi connectivity index (χ4n) is 3.54. The highest BCUT2D eigenvalue weighted by Gasteiger charge is 2.21. The molecular weight excluding hydrogens is 382 g/mol. The van der Waals surface area contributed by atoms with Crippen LogP contribution in [0.3, 0.4) is 0 Å². The van der Waals surface area contributed by atoms with Crippen LogP contribution < -0.4 is 10.6 Å². The number of ether oxygens (including phenoxy) is 1. The molecule has 8 nitrogen and oxygen atoms in total. The molecule has 0 bridgehead atoms. The van der Waals surface area contributed by atoms with E-state index in [0.717, 1.165) is 31.6 Å². The van der Waals surface area contributed by atoms with E-state index < -0.39 is 6.17 Å². The molecule has 154 valence electrons. The molecule has 1 atom stereocenters. The molecule has 0 spiro atoms. The average Bonchev–Trinajstić information content (AvgIpc) is 3.19. The molecule has 0 radical (unpaired) electrons. The van der Waals surface area contributed by atoms with Crippen LogP contribution in [0.25, 0.3) is 11.1 Å². The third-order valence-corrected chi connectivity index (χ3v) is 5.38. The van der Waals surface area contributed by atoms with Gasteiger partial charge in [0, 0.05) is 26.0 Å². The van der Waals surface area contributed by atoms with Crippen molar-refractivity contribution in [3.05, 3.63) is 60.0 Å². The lowest BCUT2D eigenvalue weighted by atomic mass is 10.0. The van der Waals surface area contributed by atoms with Gasteiger partial charge in [-0.1, -0.05) is 12.1 Å². The summed E-state index contributed by atoms with van der Waals surface area (Å²) < 4.78 is 6.78. The van der Waals surface area contributed by atoms with Crippen molar-refractivity contribution in [2.75, 3.05) is 19.8 Å². The number of nitrogens with zero attached hydrogens (tertiary/aromatic N) is 3. The Morgan fingerprint density at radius 1 is 1.33 bits per heavy atom. The summed E-state index contributed by atoms with van der Waals surface area (Å²) in [6, 6.07) is 8.99. The third-order valence-electron chi connectivity index (χ3n) is 5.38. The molecule has 1 aromatic carbocycles. The minimum atomic E-state index is -0.413. The van der Waals surface area contributed by atoms with E-state index in [2.05, 4.69) is 21.8 Å². The lowest BCUT2D eigenvalue weighted by molar-refractivity contribution is -0.117. The first-order valence-electron chi connectivity index (χ1n) is 9.93. The standard InChI is InChI=1S/C22H23N5O3/c23-11-15-1-3-17(4-2-15)19-14-26-27(22(19)29)20-6-5-18(13-24-20)21(28)25-12-16-7-9-30-10-8-16/h1-6,13-14,16,20,24,29H,7-10,12H2,(H,25,28). The number of aromatic hydroxyl groups is 1. The molecular formula is C22H23N5O3. The van der Waals surface area contributed by atoms with Crippen molar-refractivity contribution in [2.24, 2.45) is 5.92 Å². The number of benzene rings is 1. The van der Waals surface area contributed by atoms with Crippen LogP contribution in [-0.2, 0) is 9.53 Å². The van der Waals surface area contributed by atoms with Crippen LogP contribution in [0.15, 0.2) is 54.4 Å². The number of aromatic nitrogens is 2. The SMILES string of the molecule is N#Cc1ccc(-c2cnn(C3C=CC(C(=O)NCC4CCOCC4)=CN3)c2O)cc1. The topological polar surface area (TPSA) is 112 Å². The highest BCUT2D eigenvalue weighted by atomic mass is 16.5. The molecule has 1 unspecified atom stereocenters. The summed E-state index contributed by atoms with van der Waals surface area (Å²) in [6.07, 6.45) is 8.23. The normalized spacial score (nSPS) is 18.9. The van der Waals surface area contributed by atoms with Crippen molar-refractivity contribution < 1.29 is 14.6 Å². The Morgan fingerprint density at radius 3 is 2.77 bits per heavy atom. The van der Waals surface area contributed by atoms with Crippen LogP contribution in [0.2, 0.25) is 0 Å². The van der Waals surface area contributed by atoms with Crippen LogP contribution in [0.5, 0.6) is 5.88 Å². The fourth-order valence-corrected chi connectivity index (χ4v) is 3.54. The molecule has 0 saturated carbocycles. The Hall–Kier alpha value is -3.57. The lowest BCUT2D eigenvalue weighted by Gasteiger charge is -2.23. The predicted octanol–water partition coefficient (Wildman–Crippen LogP) is 2.21. The second-order valence-corrected chi connectivity index (χ2v) is 7.35. The maximum Gasteiger partial charge on any atom is 0.252 e. The molecule has 0 aliphatic carbocycles. The number of amides is 1. The van der Waals surface area contributed by atoms with Gasteiger partial charge in [0.05, 0.1) is 29.0 Å². The quantitative estimate of drug-likeness (QED) is 0.703. The van der Waals surface area contributed by atoms with E-state index in [9.17, 15) is 9.90 Å². The van der Waals surface area contributed by atoms with Crippen molar-refractivity contribution in [2.45, 2.75) is 19.0 Å². The highest BCUT2D eigenvalue weighted by molar-refractivity contribution is 5.96. The number of hydrogen-bond donors (Lipinski definition) is 3. The van der Waals surface area contributed by atoms with E-state index in [1.165, 1.54) is 4.68 Å². The van der Waals surface area contributed by atoms with Gasteiger partial charge in [-0.05, 0) is 48.6 Å². The maximum absolute atomic E-state index is 12.4. The second kappa shape index (κ2) is 8.84.